The number of carbonyl (C=O) groups excluding carboxylic acids is 2. The van der Waals surface area contributed by atoms with Crippen LogP contribution in [0.2, 0.25) is 5.15 Å². The number of aromatic nitrogens is 1. The van der Waals surface area contributed by atoms with Crippen LogP contribution in [0.1, 0.15) is 57.8 Å². The van der Waals surface area contributed by atoms with E-state index in [0.717, 1.165) is 0 Å². The highest BCUT2D eigenvalue weighted by Crippen LogP contribution is 2.17. The number of hydrogen-bond donors (Lipinski definition) is 2. The van der Waals surface area contributed by atoms with Crippen molar-refractivity contribution in [3.8, 4) is 0 Å². The van der Waals surface area contributed by atoms with E-state index >= 15 is 0 Å². The van der Waals surface area contributed by atoms with Crippen LogP contribution in [0.25, 0.3) is 0 Å². The Kier molecular flexibility index (Phi) is 7.02. The van der Waals surface area contributed by atoms with Gasteiger partial charge < -0.3 is 15.4 Å². The quantitative estimate of drug-likeness (QED) is 0.765. The zero-order valence-corrected chi connectivity index (χ0v) is 15.7. The number of alkyl carbamates (subject to hydrolysis) is 1. The summed E-state index contributed by atoms with van der Waals surface area (Å²) in [6, 6.07) is 3.10. The van der Waals surface area contributed by atoms with Crippen LogP contribution in [0.5, 0.6) is 0 Å². The Bertz CT molecular complexity index is 581. The topological polar surface area (TPSA) is 80.3 Å². The average Bonchev–Trinajstić information content (AvgIpc) is 2.49. The lowest BCUT2D eigenvalue weighted by Gasteiger charge is -2.33. The van der Waals surface area contributed by atoms with E-state index in [9.17, 15) is 9.59 Å². The molecule has 6 nitrogen and oxygen atoms in total. The van der Waals surface area contributed by atoms with Gasteiger partial charge in [-0.1, -0.05) is 25.4 Å². The summed E-state index contributed by atoms with van der Waals surface area (Å²) in [7, 11) is 0. The molecule has 1 rings (SSSR count). The van der Waals surface area contributed by atoms with Crippen molar-refractivity contribution in [3.63, 3.8) is 0 Å². The lowest BCUT2D eigenvalue weighted by Crippen LogP contribution is -2.55. The molecule has 0 saturated heterocycles. The molecule has 0 bridgehead atoms. The Labute approximate surface area is 148 Å². The fourth-order valence-electron chi connectivity index (χ4n) is 2.13. The van der Waals surface area contributed by atoms with Crippen LogP contribution in [0.15, 0.2) is 18.3 Å². The van der Waals surface area contributed by atoms with Gasteiger partial charge in [-0.2, -0.15) is 0 Å². The molecule has 2 amide bonds. The van der Waals surface area contributed by atoms with Gasteiger partial charge in [0.25, 0.3) is 5.91 Å². The number of carbonyl (C=O) groups is 2. The second-order valence-electron chi connectivity index (χ2n) is 6.66. The van der Waals surface area contributed by atoms with Gasteiger partial charge in [-0.25, -0.2) is 9.78 Å². The third-order valence-electron chi connectivity index (χ3n) is 3.69. The lowest BCUT2D eigenvalue weighted by molar-refractivity contribution is 0.0502. The van der Waals surface area contributed by atoms with Crippen molar-refractivity contribution in [2.45, 2.75) is 58.6 Å². The van der Waals surface area contributed by atoms with E-state index in [1.54, 1.807) is 26.8 Å². The summed E-state index contributed by atoms with van der Waals surface area (Å²) in [6.07, 6.45) is 2.29. The Morgan fingerprint density at radius 2 is 1.88 bits per heavy atom. The summed E-state index contributed by atoms with van der Waals surface area (Å²) in [5.41, 5.74) is -0.704. The number of pyridine rings is 1. The number of nitrogens with zero attached hydrogens (tertiary/aromatic N) is 1. The highest BCUT2D eigenvalue weighted by Gasteiger charge is 2.30. The van der Waals surface area contributed by atoms with Gasteiger partial charge in [0.15, 0.2) is 0 Å². The summed E-state index contributed by atoms with van der Waals surface area (Å²) in [6.45, 7) is 9.59. The SMILES string of the molecule is CCC(CC)(CNC(=O)OC(C)(C)C)NC(=O)c1ccnc(Cl)c1. The van der Waals surface area contributed by atoms with Crippen molar-refractivity contribution in [2.24, 2.45) is 0 Å². The molecule has 24 heavy (non-hydrogen) atoms. The second-order valence-corrected chi connectivity index (χ2v) is 7.05. The first-order valence-corrected chi connectivity index (χ1v) is 8.39. The molecule has 1 aromatic rings. The van der Waals surface area contributed by atoms with Gasteiger partial charge >= 0.3 is 6.09 Å². The van der Waals surface area contributed by atoms with E-state index in [4.69, 9.17) is 16.3 Å². The Hall–Kier alpha value is -1.82. The lowest BCUT2D eigenvalue weighted by atomic mass is 9.92. The molecule has 1 heterocycles. The summed E-state index contributed by atoms with van der Waals surface area (Å²) < 4.78 is 5.24. The van der Waals surface area contributed by atoms with Gasteiger partial charge in [0, 0.05) is 18.3 Å². The molecule has 0 atom stereocenters. The summed E-state index contributed by atoms with van der Waals surface area (Å²) in [5.74, 6) is -0.256. The number of amides is 2. The number of halogens is 1. The first kappa shape index (κ1) is 20.2. The molecule has 0 unspecified atom stereocenters. The van der Waals surface area contributed by atoms with Gasteiger partial charge in [0.1, 0.15) is 10.8 Å². The summed E-state index contributed by atoms with van der Waals surface area (Å²) in [5, 5.41) is 5.99. The Balaban J connectivity index is 2.77. The molecule has 134 valence electrons. The van der Waals surface area contributed by atoms with E-state index < -0.39 is 17.2 Å². The third-order valence-corrected chi connectivity index (χ3v) is 3.90. The summed E-state index contributed by atoms with van der Waals surface area (Å²) >= 11 is 5.83. The minimum Gasteiger partial charge on any atom is -0.444 e. The van der Waals surface area contributed by atoms with Crippen LogP contribution in [-0.2, 0) is 4.74 Å². The van der Waals surface area contributed by atoms with E-state index in [1.165, 1.54) is 12.3 Å². The normalized spacial score (nSPS) is 11.8. The molecule has 1 aromatic heterocycles. The molecule has 0 radical (unpaired) electrons. The molecule has 0 aliphatic carbocycles. The van der Waals surface area contributed by atoms with E-state index in [1.807, 2.05) is 13.8 Å². The van der Waals surface area contributed by atoms with Crippen LogP contribution < -0.4 is 10.6 Å². The van der Waals surface area contributed by atoms with Crippen molar-refractivity contribution in [1.82, 2.24) is 15.6 Å². The van der Waals surface area contributed by atoms with Gasteiger partial charge in [-0.05, 0) is 45.7 Å². The molecule has 0 aliphatic rings. The average molecular weight is 356 g/mol. The zero-order valence-electron chi connectivity index (χ0n) is 14.9. The number of ether oxygens (including phenoxy) is 1. The molecule has 0 aromatic carbocycles. The van der Waals surface area contributed by atoms with Crippen LogP contribution >= 0.6 is 11.6 Å². The first-order valence-electron chi connectivity index (χ1n) is 8.02. The monoisotopic (exact) mass is 355 g/mol. The highest BCUT2D eigenvalue weighted by molar-refractivity contribution is 6.29. The maximum atomic E-state index is 12.5. The molecule has 0 aliphatic heterocycles. The van der Waals surface area contributed by atoms with Crippen molar-refractivity contribution in [2.75, 3.05) is 6.54 Å². The largest absolute Gasteiger partial charge is 0.444 e. The second kappa shape index (κ2) is 8.33. The molecular weight excluding hydrogens is 330 g/mol. The van der Waals surface area contributed by atoms with Crippen molar-refractivity contribution < 1.29 is 14.3 Å². The van der Waals surface area contributed by atoms with Crippen LogP contribution in [0.4, 0.5) is 4.79 Å². The molecule has 0 fully saturated rings. The van der Waals surface area contributed by atoms with Gasteiger partial charge in [-0.3, -0.25) is 4.79 Å². The summed E-state index contributed by atoms with van der Waals surface area (Å²) in [4.78, 5) is 28.2. The van der Waals surface area contributed by atoms with Crippen molar-refractivity contribution in [1.29, 1.82) is 0 Å². The van der Waals surface area contributed by atoms with Crippen molar-refractivity contribution in [3.05, 3.63) is 29.0 Å². The fourth-order valence-corrected chi connectivity index (χ4v) is 2.31. The minimum atomic E-state index is -0.567. The van der Waals surface area contributed by atoms with Gasteiger partial charge in [0.05, 0.1) is 5.54 Å². The number of hydrogen-bond acceptors (Lipinski definition) is 4. The van der Waals surface area contributed by atoms with Crippen LogP contribution in [0, 0.1) is 0 Å². The molecular formula is C17H26ClN3O3. The maximum absolute atomic E-state index is 12.5. The predicted molar refractivity (Wildman–Crippen MR) is 94.3 cm³/mol. The van der Waals surface area contributed by atoms with E-state index in [0.29, 0.717) is 18.4 Å². The smallest absolute Gasteiger partial charge is 0.407 e. The predicted octanol–water partition coefficient (Wildman–Crippen LogP) is 3.55. The standard InChI is InChI=1S/C17H26ClN3O3/c1-6-17(7-2,11-20-15(23)24-16(3,4)5)21-14(22)12-8-9-19-13(18)10-12/h8-10H,6-7,11H2,1-5H3,(H,20,23)(H,21,22). The first-order chi connectivity index (χ1) is 11.1. The fraction of sp³-hybridized carbons (Fsp3) is 0.588. The minimum absolute atomic E-state index is 0.256. The third kappa shape index (κ3) is 6.35. The Morgan fingerprint density at radius 1 is 1.25 bits per heavy atom. The number of nitrogens with one attached hydrogen (secondary N) is 2. The Morgan fingerprint density at radius 3 is 2.38 bits per heavy atom. The number of rotatable bonds is 6. The van der Waals surface area contributed by atoms with Crippen LogP contribution in [-0.4, -0.2) is 34.7 Å². The molecule has 0 saturated carbocycles. The van der Waals surface area contributed by atoms with E-state index in [-0.39, 0.29) is 17.6 Å². The molecule has 2 N–H and O–H groups in total. The van der Waals surface area contributed by atoms with Crippen LogP contribution in [0.3, 0.4) is 0 Å². The van der Waals surface area contributed by atoms with Gasteiger partial charge in [0.2, 0.25) is 0 Å². The highest BCUT2D eigenvalue weighted by atomic mass is 35.5. The van der Waals surface area contributed by atoms with Gasteiger partial charge in [-0.15, -0.1) is 0 Å². The molecule has 7 heteroatoms. The maximum Gasteiger partial charge on any atom is 0.407 e. The molecule has 0 spiro atoms. The van der Waals surface area contributed by atoms with Crippen molar-refractivity contribution >= 4 is 23.6 Å². The zero-order chi connectivity index (χ0) is 18.4. The van der Waals surface area contributed by atoms with E-state index in [2.05, 4.69) is 15.6 Å².